The molecule has 0 aliphatic heterocycles. The van der Waals surface area contributed by atoms with Gasteiger partial charge in [0, 0.05) is 11.8 Å². The van der Waals surface area contributed by atoms with Crippen LogP contribution in [0.5, 0.6) is 0 Å². The highest BCUT2D eigenvalue weighted by Crippen LogP contribution is 2.33. The Labute approximate surface area is 81.9 Å². The summed E-state index contributed by atoms with van der Waals surface area (Å²) < 4.78 is 0. The van der Waals surface area contributed by atoms with Crippen molar-refractivity contribution in [2.24, 2.45) is 17.8 Å². The monoisotopic (exact) mass is 182 g/mol. The topological polar surface area (TPSA) is 17.1 Å². The van der Waals surface area contributed by atoms with Gasteiger partial charge in [-0.1, -0.05) is 20.8 Å². The molecule has 1 aliphatic rings. The van der Waals surface area contributed by atoms with Crippen molar-refractivity contribution in [1.82, 2.24) is 0 Å². The van der Waals surface area contributed by atoms with Crippen LogP contribution in [0.1, 0.15) is 52.9 Å². The van der Waals surface area contributed by atoms with Gasteiger partial charge in [0.05, 0.1) is 0 Å². The largest absolute Gasteiger partial charge is 0.299 e. The van der Waals surface area contributed by atoms with Crippen molar-refractivity contribution in [3.63, 3.8) is 0 Å². The molecule has 1 heteroatoms. The molecule has 0 aromatic rings. The van der Waals surface area contributed by atoms with Crippen LogP contribution in [0.3, 0.4) is 0 Å². The summed E-state index contributed by atoms with van der Waals surface area (Å²) in [7, 11) is 0. The van der Waals surface area contributed by atoms with E-state index in [0.717, 1.165) is 31.6 Å². The highest BCUT2D eigenvalue weighted by Gasteiger charge is 2.30. The lowest BCUT2D eigenvalue weighted by Gasteiger charge is -2.15. The molecule has 1 aliphatic carbocycles. The minimum Gasteiger partial charge on any atom is -0.299 e. The van der Waals surface area contributed by atoms with E-state index >= 15 is 0 Å². The summed E-state index contributed by atoms with van der Waals surface area (Å²) in [5, 5.41) is 0. The summed E-state index contributed by atoms with van der Waals surface area (Å²) in [6.07, 6.45) is 5.61. The van der Waals surface area contributed by atoms with E-state index in [1.165, 1.54) is 6.42 Å². The van der Waals surface area contributed by atoms with Gasteiger partial charge in [-0.2, -0.15) is 0 Å². The molecule has 13 heavy (non-hydrogen) atoms. The lowest BCUT2D eigenvalue weighted by atomic mass is 9.88. The molecule has 2 atom stereocenters. The van der Waals surface area contributed by atoms with Crippen LogP contribution in [0, 0.1) is 17.8 Å². The van der Waals surface area contributed by atoms with Crippen molar-refractivity contribution >= 4 is 5.78 Å². The summed E-state index contributed by atoms with van der Waals surface area (Å²) in [6, 6.07) is 0. The van der Waals surface area contributed by atoms with Gasteiger partial charge >= 0.3 is 0 Å². The highest BCUT2D eigenvalue weighted by molar-refractivity contribution is 5.83. The molecule has 2 unspecified atom stereocenters. The first-order valence-corrected chi connectivity index (χ1v) is 5.72. The fraction of sp³-hybridized carbons (Fsp3) is 0.917. The number of hydrogen-bond acceptors (Lipinski definition) is 1. The van der Waals surface area contributed by atoms with Crippen LogP contribution in [-0.4, -0.2) is 5.78 Å². The summed E-state index contributed by atoms with van der Waals surface area (Å²) in [4.78, 5) is 12.0. The summed E-state index contributed by atoms with van der Waals surface area (Å²) in [5.41, 5.74) is 0. The Hall–Kier alpha value is -0.330. The van der Waals surface area contributed by atoms with E-state index in [9.17, 15) is 4.79 Å². The summed E-state index contributed by atoms with van der Waals surface area (Å²) in [5.74, 6) is 2.08. The Morgan fingerprint density at radius 2 is 1.92 bits per heavy atom. The maximum absolute atomic E-state index is 12.0. The summed E-state index contributed by atoms with van der Waals surface area (Å²) in [6.45, 7) is 6.52. The summed E-state index contributed by atoms with van der Waals surface area (Å²) >= 11 is 0. The number of carbonyl (C=O) groups is 1. The van der Waals surface area contributed by atoms with Crippen molar-refractivity contribution in [2.75, 3.05) is 0 Å². The molecule has 0 saturated heterocycles. The van der Waals surface area contributed by atoms with Gasteiger partial charge in [-0.3, -0.25) is 4.79 Å². The molecular formula is C12H22O. The molecule has 0 bridgehead atoms. The number of hydrogen-bond donors (Lipinski definition) is 0. The quantitative estimate of drug-likeness (QED) is 0.651. The van der Waals surface area contributed by atoms with Gasteiger partial charge in [0.1, 0.15) is 5.78 Å². The molecule has 76 valence electrons. The van der Waals surface area contributed by atoms with Gasteiger partial charge in [-0.05, 0) is 38.0 Å². The molecule has 0 aromatic carbocycles. The third kappa shape index (κ3) is 2.55. The number of Topliss-reactive ketones (excluding diaryl/α,β-unsaturated/α-hetero) is 1. The van der Waals surface area contributed by atoms with Gasteiger partial charge in [-0.15, -0.1) is 0 Å². The fourth-order valence-electron chi connectivity index (χ4n) is 2.49. The van der Waals surface area contributed by atoms with E-state index in [1.54, 1.807) is 0 Å². The Kier molecular flexibility index (Phi) is 3.95. The molecule has 1 fully saturated rings. The first-order chi connectivity index (χ1) is 6.19. The molecule has 0 spiro atoms. The first-order valence-electron chi connectivity index (χ1n) is 5.72. The highest BCUT2D eigenvalue weighted by atomic mass is 16.1. The standard InChI is InChI=1S/C12H22O/c1-4-10(5-2)12(13)11-7-6-9(3)8-11/h9-11H,4-8H2,1-3H3. The second-order valence-electron chi connectivity index (χ2n) is 4.53. The molecule has 0 N–H and O–H groups in total. The minimum absolute atomic E-state index is 0.343. The van der Waals surface area contributed by atoms with Crippen molar-refractivity contribution < 1.29 is 4.79 Å². The van der Waals surface area contributed by atoms with Gasteiger partial charge in [-0.25, -0.2) is 0 Å². The van der Waals surface area contributed by atoms with Crippen molar-refractivity contribution in [1.29, 1.82) is 0 Å². The Morgan fingerprint density at radius 3 is 2.31 bits per heavy atom. The Bertz CT molecular complexity index is 170. The van der Waals surface area contributed by atoms with Crippen molar-refractivity contribution in [2.45, 2.75) is 52.9 Å². The first kappa shape index (κ1) is 10.7. The average molecular weight is 182 g/mol. The molecule has 1 saturated carbocycles. The molecule has 0 heterocycles. The van der Waals surface area contributed by atoms with Crippen molar-refractivity contribution in [3.05, 3.63) is 0 Å². The van der Waals surface area contributed by atoms with Crippen LogP contribution in [0.25, 0.3) is 0 Å². The van der Waals surface area contributed by atoms with Crippen LogP contribution in [0.4, 0.5) is 0 Å². The van der Waals surface area contributed by atoms with Crippen LogP contribution < -0.4 is 0 Å². The average Bonchev–Trinajstić information content (AvgIpc) is 2.54. The smallest absolute Gasteiger partial charge is 0.139 e. The second kappa shape index (κ2) is 4.78. The number of carbonyl (C=O) groups excluding carboxylic acids is 1. The number of ketones is 1. The Balaban J connectivity index is 2.47. The van der Waals surface area contributed by atoms with Gasteiger partial charge in [0.25, 0.3) is 0 Å². The second-order valence-corrected chi connectivity index (χ2v) is 4.53. The molecule has 0 amide bonds. The predicted molar refractivity (Wildman–Crippen MR) is 55.6 cm³/mol. The van der Waals surface area contributed by atoms with Crippen LogP contribution >= 0.6 is 0 Å². The van der Waals surface area contributed by atoms with Gasteiger partial charge in [0.15, 0.2) is 0 Å². The van der Waals surface area contributed by atoms with E-state index in [1.807, 2.05) is 0 Å². The van der Waals surface area contributed by atoms with Gasteiger partial charge in [0.2, 0.25) is 0 Å². The van der Waals surface area contributed by atoms with Crippen LogP contribution in [-0.2, 0) is 4.79 Å². The third-order valence-corrected chi connectivity index (χ3v) is 3.49. The molecule has 0 aromatic heterocycles. The van der Waals surface area contributed by atoms with Crippen molar-refractivity contribution in [3.8, 4) is 0 Å². The lowest BCUT2D eigenvalue weighted by molar-refractivity contribution is -0.126. The van der Waals surface area contributed by atoms with E-state index in [4.69, 9.17) is 0 Å². The van der Waals surface area contributed by atoms with E-state index in [0.29, 0.717) is 17.6 Å². The Morgan fingerprint density at radius 1 is 1.31 bits per heavy atom. The predicted octanol–water partition coefficient (Wildman–Crippen LogP) is 3.43. The zero-order chi connectivity index (χ0) is 9.84. The zero-order valence-corrected chi connectivity index (χ0v) is 9.18. The maximum atomic E-state index is 12.0. The molecular weight excluding hydrogens is 160 g/mol. The third-order valence-electron chi connectivity index (χ3n) is 3.49. The van der Waals surface area contributed by atoms with Crippen LogP contribution in [0.15, 0.2) is 0 Å². The fourth-order valence-corrected chi connectivity index (χ4v) is 2.49. The molecule has 1 rings (SSSR count). The van der Waals surface area contributed by atoms with Gasteiger partial charge < -0.3 is 0 Å². The molecule has 1 nitrogen and oxygen atoms in total. The van der Waals surface area contributed by atoms with E-state index in [-0.39, 0.29) is 0 Å². The van der Waals surface area contributed by atoms with E-state index < -0.39 is 0 Å². The maximum Gasteiger partial charge on any atom is 0.139 e. The van der Waals surface area contributed by atoms with E-state index in [2.05, 4.69) is 20.8 Å². The zero-order valence-electron chi connectivity index (χ0n) is 9.18. The normalized spacial score (nSPS) is 28.3. The SMILES string of the molecule is CCC(CC)C(=O)C1CCC(C)C1. The number of rotatable bonds is 4. The minimum atomic E-state index is 0.343. The molecule has 0 radical (unpaired) electrons. The van der Waals surface area contributed by atoms with Crippen LogP contribution in [0.2, 0.25) is 0 Å². The lowest BCUT2D eigenvalue weighted by Crippen LogP contribution is -2.20.